The monoisotopic (exact) mass is 339 g/mol. The number of benzene rings is 2. The third-order valence-electron chi connectivity index (χ3n) is 4.08. The average Bonchev–Trinajstić information content (AvgIpc) is 2.56. The van der Waals surface area contributed by atoms with E-state index < -0.39 is 12.2 Å². The Hall–Kier alpha value is -1.75. The molecule has 0 amide bonds. The minimum Gasteiger partial charge on any atom is -0.493 e. The second kappa shape index (κ2) is 8.38. The van der Waals surface area contributed by atoms with Gasteiger partial charge in [-0.05, 0) is 29.5 Å². The molecule has 0 bridgehead atoms. The summed E-state index contributed by atoms with van der Waals surface area (Å²) in [7, 11) is 0. The molecular weight excluding hydrogens is 315 g/mol. The predicted molar refractivity (Wildman–Crippen MR) is 91.2 cm³/mol. The van der Waals surface area contributed by atoms with E-state index in [0.29, 0.717) is 17.7 Å². The van der Waals surface area contributed by atoms with E-state index >= 15 is 0 Å². The van der Waals surface area contributed by atoms with Crippen molar-refractivity contribution >= 4 is 10.8 Å². The van der Waals surface area contributed by atoms with Gasteiger partial charge in [0.2, 0.25) is 0 Å². The molecule has 2 aromatic rings. The number of unbranched alkanes of at least 4 members (excludes halogenated alkanes) is 4. The number of alkyl halides is 3. The maximum absolute atomic E-state index is 12.8. The van der Waals surface area contributed by atoms with Crippen LogP contribution >= 0.6 is 0 Å². The topological polar surface area (TPSA) is 35.2 Å². The van der Waals surface area contributed by atoms with E-state index in [1.54, 1.807) is 12.1 Å². The van der Waals surface area contributed by atoms with Crippen LogP contribution in [0, 0.1) is 0 Å². The Morgan fingerprint density at radius 1 is 1.04 bits per heavy atom. The van der Waals surface area contributed by atoms with Crippen molar-refractivity contribution in [2.45, 2.75) is 51.2 Å². The lowest BCUT2D eigenvalue weighted by Gasteiger charge is -2.17. The van der Waals surface area contributed by atoms with Crippen molar-refractivity contribution in [2.75, 3.05) is 6.61 Å². The van der Waals surface area contributed by atoms with Crippen LogP contribution in [0.25, 0.3) is 10.8 Å². The van der Waals surface area contributed by atoms with Crippen LogP contribution < -0.4 is 10.5 Å². The van der Waals surface area contributed by atoms with Gasteiger partial charge in [-0.15, -0.1) is 0 Å². The van der Waals surface area contributed by atoms with Gasteiger partial charge in [-0.1, -0.05) is 56.9 Å². The molecule has 24 heavy (non-hydrogen) atoms. The molecule has 0 fully saturated rings. The molecule has 0 radical (unpaired) electrons. The van der Waals surface area contributed by atoms with Crippen LogP contribution in [0.1, 0.15) is 50.6 Å². The zero-order chi connectivity index (χ0) is 17.6. The van der Waals surface area contributed by atoms with Crippen molar-refractivity contribution in [3.8, 4) is 5.75 Å². The van der Waals surface area contributed by atoms with Gasteiger partial charge in [0, 0.05) is 5.39 Å². The predicted octanol–water partition coefficient (Wildman–Crippen LogP) is 5.75. The van der Waals surface area contributed by atoms with E-state index in [0.717, 1.165) is 18.2 Å². The zero-order valence-corrected chi connectivity index (χ0v) is 13.9. The molecule has 0 aliphatic rings. The summed E-state index contributed by atoms with van der Waals surface area (Å²) in [4.78, 5) is 0. The first-order valence-corrected chi connectivity index (χ1v) is 8.41. The third-order valence-corrected chi connectivity index (χ3v) is 4.08. The summed E-state index contributed by atoms with van der Waals surface area (Å²) in [5, 5.41) is 1.51. The van der Waals surface area contributed by atoms with Crippen molar-refractivity contribution in [1.82, 2.24) is 0 Å². The maximum Gasteiger partial charge on any atom is 0.407 e. The van der Waals surface area contributed by atoms with Crippen molar-refractivity contribution < 1.29 is 17.9 Å². The van der Waals surface area contributed by atoms with Crippen LogP contribution in [0.15, 0.2) is 36.4 Å². The molecule has 2 N–H and O–H groups in total. The summed E-state index contributed by atoms with van der Waals surface area (Å²) in [5.74, 6) is 0.610. The smallest absolute Gasteiger partial charge is 0.407 e. The summed E-state index contributed by atoms with van der Waals surface area (Å²) < 4.78 is 44.3. The van der Waals surface area contributed by atoms with Gasteiger partial charge in [0.15, 0.2) is 0 Å². The lowest BCUT2D eigenvalue weighted by atomic mass is 10.0. The van der Waals surface area contributed by atoms with Crippen molar-refractivity contribution in [2.24, 2.45) is 5.73 Å². The van der Waals surface area contributed by atoms with Crippen molar-refractivity contribution in [1.29, 1.82) is 0 Å². The maximum atomic E-state index is 12.8. The summed E-state index contributed by atoms with van der Waals surface area (Å²) in [6.45, 7) is 2.73. The molecule has 0 saturated carbocycles. The Morgan fingerprint density at radius 2 is 1.79 bits per heavy atom. The van der Waals surface area contributed by atoms with Crippen LogP contribution in [0.3, 0.4) is 0 Å². The fourth-order valence-corrected chi connectivity index (χ4v) is 2.66. The summed E-state index contributed by atoms with van der Waals surface area (Å²) in [6, 6.07) is 8.07. The standard InChI is InChI=1S/C19H24F3NO/c1-2-3-4-5-6-12-24-17-9-7-8-14-10-11-15(13-16(14)17)18(23)19(20,21)22/h7-11,13,18H,2-6,12,23H2,1H3/t18-/m0/s1. The Labute approximate surface area is 140 Å². The Balaban J connectivity index is 2.12. The number of fused-ring (bicyclic) bond motifs is 1. The van der Waals surface area contributed by atoms with E-state index in [4.69, 9.17) is 10.5 Å². The van der Waals surface area contributed by atoms with Gasteiger partial charge < -0.3 is 10.5 Å². The lowest BCUT2D eigenvalue weighted by Crippen LogP contribution is -2.28. The van der Waals surface area contributed by atoms with Gasteiger partial charge in [0.1, 0.15) is 11.8 Å². The molecule has 0 aliphatic heterocycles. The van der Waals surface area contributed by atoms with E-state index in [9.17, 15) is 13.2 Å². The molecule has 0 saturated heterocycles. The van der Waals surface area contributed by atoms with Crippen LogP contribution in [-0.2, 0) is 0 Å². The molecular formula is C19H24F3NO. The number of nitrogens with two attached hydrogens (primary N) is 1. The second-order valence-corrected chi connectivity index (χ2v) is 6.02. The lowest BCUT2D eigenvalue weighted by molar-refractivity contribution is -0.149. The van der Waals surface area contributed by atoms with Gasteiger partial charge in [-0.3, -0.25) is 0 Å². The van der Waals surface area contributed by atoms with Gasteiger partial charge in [0.25, 0.3) is 0 Å². The fraction of sp³-hybridized carbons (Fsp3) is 0.474. The highest BCUT2D eigenvalue weighted by molar-refractivity contribution is 5.89. The minimum absolute atomic E-state index is 0.0500. The van der Waals surface area contributed by atoms with E-state index in [1.165, 1.54) is 31.4 Å². The molecule has 2 rings (SSSR count). The highest BCUT2D eigenvalue weighted by Gasteiger charge is 2.37. The largest absolute Gasteiger partial charge is 0.493 e. The Bertz CT molecular complexity index is 655. The number of ether oxygens (including phenoxy) is 1. The first kappa shape index (κ1) is 18.6. The van der Waals surface area contributed by atoms with E-state index in [1.807, 2.05) is 12.1 Å². The molecule has 0 heterocycles. The number of hydrogen-bond donors (Lipinski definition) is 1. The number of halogens is 3. The van der Waals surface area contributed by atoms with Crippen molar-refractivity contribution in [3.63, 3.8) is 0 Å². The van der Waals surface area contributed by atoms with Crippen LogP contribution in [0.5, 0.6) is 5.75 Å². The summed E-state index contributed by atoms with van der Waals surface area (Å²) in [6.07, 6.45) is 1.17. The summed E-state index contributed by atoms with van der Waals surface area (Å²) >= 11 is 0. The fourth-order valence-electron chi connectivity index (χ4n) is 2.66. The van der Waals surface area contributed by atoms with Crippen LogP contribution in [0.4, 0.5) is 13.2 Å². The highest BCUT2D eigenvalue weighted by Crippen LogP contribution is 2.34. The van der Waals surface area contributed by atoms with Gasteiger partial charge >= 0.3 is 6.18 Å². The molecule has 0 aliphatic carbocycles. The molecule has 1 atom stereocenters. The quantitative estimate of drug-likeness (QED) is 0.621. The first-order chi connectivity index (χ1) is 11.4. The molecule has 5 heteroatoms. The first-order valence-electron chi connectivity index (χ1n) is 8.41. The van der Waals surface area contributed by atoms with Crippen molar-refractivity contribution in [3.05, 3.63) is 42.0 Å². The molecule has 0 unspecified atom stereocenters. The van der Waals surface area contributed by atoms with Gasteiger partial charge in [-0.2, -0.15) is 13.2 Å². The van der Waals surface area contributed by atoms with Crippen LogP contribution in [0.2, 0.25) is 0 Å². The van der Waals surface area contributed by atoms with Gasteiger partial charge in [-0.25, -0.2) is 0 Å². The molecule has 0 aromatic heterocycles. The Kier molecular flexibility index (Phi) is 6.49. The average molecular weight is 339 g/mol. The highest BCUT2D eigenvalue weighted by atomic mass is 19.4. The van der Waals surface area contributed by atoms with Crippen LogP contribution in [-0.4, -0.2) is 12.8 Å². The molecule has 132 valence electrons. The normalized spacial score (nSPS) is 13.2. The third kappa shape index (κ3) is 4.87. The minimum atomic E-state index is -4.46. The van der Waals surface area contributed by atoms with E-state index in [-0.39, 0.29) is 5.56 Å². The van der Waals surface area contributed by atoms with E-state index in [2.05, 4.69) is 6.92 Å². The molecule has 0 spiro atoms. The SMILES string of the molecule is CCCCCCCOc1cccc2ccc([C@H](N)C(F)(F)F)cc12. The Morgan fingerprint density at radius 3 is 2.50 bits per heavy atom. The molecule has 2 aromatic carbocycles. The zero-order valence-electron chi connectivity index (χ0n) is 13.9. The number of hydrogen-bond acceptors (Lipinski definition) is 2. The number of rotatable bonds is 8. The van der Waals surface area contributed by atoms with Gasteiger partial charge in [0.05, 0.1) is 6.61 Å². The second-order valence-electron chi connectivity index (χ2n) is 6.02. The summed E-state index contributed by atoms with van der Waals surface area (Å²) in [5.41, 5.74) is 5.37. The molecule has 2 nitrogen and oxygen atoms in total.